The number of hydrogen-bond acceptors (Lipinski definition) is 14. The average molecular weight is 1020 g/mol. The summed E-state index contributed by atoms with van der Waals surface area (Å²) in [6.07, 6.45) is 10.00. The highest BCUT2D eigenvalue weighted by Crippen LogP contribution is 2.46. The van der Waals surface area contributed by atoms with Crippen molar-refractivity contribution < 1.29 is 38.0 Å². The molecule has 6 fully saturated rings. The smallest absolute Gasteiger partial charge is 0.338 e. The minimum absolute atomic E-state index is 0.230. The van der Waals surface area contributed by atoms with Gasteiger partial charge in [-0.05, 0) is 159 Å². The van der Waals surface area contributed by atoms with Gasteiger partial charge < -0.3 is 44.1 Å². The minimum Gasteiger partial charge on any atom is -0.450 e. The predicted octanol–water partition coefficient (Wildman–Crippen LogP) is 7.83. The number of aromatic nitrogens is 2. The van der Waals surface area contributed by atoms with Gasteiger partial charge in [-0.15, -0.1) is 0 Å². The molecule has 4 heterocycles. The molecule has 0 spiro atoms. The van der Waals surface area contributed by atoms with Gasteiger partial charge in [0.15, 0.2) is 34.5 Å². The maximum Gasteiger partial charge on any atom is 0.338 e. The number of fused-ring (bicyclic) bond motifs is 2. The number of esters is 1. The van der Waals surface area contributed by atoms with Crippen molar-refractivity contribution >= 4 is 74.6 Å². The lowest BCUT2D eigenvalue weighted by Crippen LogP contribution is -2.67. The van der Waals surface area contributed by atoms with Gasteiger partial charge in [0.25, 0.3) is 5.91 Å². The van der Waals surface area contributed by atoms with Crippen molar-refractivity contribution in [2.75, 3.05) is 82.4 Å². The second-order valence-electron chi connectivity index (χ2n) is 22.1. The molecule has 2 amide bonds. The maximum atomic E-state index is 15.7. The van der Waals surface area contributed by atoms with Crippen LogP contribution in [0, 0.1) is 17.8 Å². The lowest BCUT2D eigenvalue weighted by molar-refractivity contribution is -0.182. The van der Waals surface area contributed by atoms with Crippen molar-refractivity contribution in [2.45, 2.75) is 139 Å². The van der Waals surface area contributed by atoms with E-state index in [0.717, 1.165) is 139 Å². The van der Waals surface area contributed by atoms with Crippen molar-refractivity contribution in [3.05, 3.63) is 46.4 Å². The number of piperazine rings is 2. The number of anilines is 2. The van der Waals surface area contributed by atoms with Crippen molar-refractivity contribution in [2.24, 2.45) is 23.5 Å². The Hall–Kier alpha value is -4.19. The number of nitrogens with zero attached hydrogens (tertiary/aromatic N) is 7. The van der Waals surface area contributed by atoms with Gasteiger partial charge >= 0.3 is 5.97 Å². The molecule has 0 radical (unpaired) electrons. The van der Waals surface area contributed by atoms with Crippen LogP contribution in [0.4, 0.5) is 11.6 Å². The number of hydrogen-bond donors (Lipinski definition) is 2. The van der Waals surface area contributed by atoms with Crippen LogP contribution in [0.2, 0.25) is 10.0 Å². The van der Waals surface area contributed by atoms with Gasteiger partial charge in [0.1, 0.15) is 5.54 Å². The monoisotopic (exact) mass is 1020 g/mol. The molecule has 18 heteroatoms. The van der Waals surface area contributed by atoms with Crippen LogP contribution in [-0.2, 0) is 23.9 Å². The Labute approximate surface area is 426 Å². The Kier molecular flexibility index (Phi) is 14.9. The molecule has 2 aromatic carbocycles. The summed E-state index contributed by atoms with van der Waals surface area (Å²) >= 11 is 12.4. The van der Waals surface area contributed by atoms with Crippen LogP contribution in [0.1, 0.15) is 110 Å². The normalized spacial score (nSPS) is 29.0. The molecular weight excluding hydrogens is 948 g/mol. The van der Waals surface area contributed by atoms with Gasteiger partial charge in [-0.2, -0.15) is 0 Å². The maximum absolute atomic E-state index is 15.7. The zero-order valence-electron chi connectivity index (χ0n) is 41.5. The topological polar surface area (TPSA) is 184 Å². The number of nitrogens with two attached hydrogens (primary N) is 1. The molecule has 386 valence electrons. The first kappa shape index (κ1) is 50.3. The first-order valence-electron chi connectivity index (χ1n) is 26.4. The van der Waals surface area contributed by atoms with E-state index in [-0.39, 0.29) is 23.5 Å². The highest BCUT2D eigenvalue weighted by Gasteiger charge is 2.56. The molecule has 71 heavy (non-hydrogen) atoms. The molecule has 4 aromatic rings. The Morgan fingerprint density at radius 3 is 1.69 bits per heavy atom. The number of halogens is 2. The van der Waals surface area contributed by atoms with Crippen LogP contribution in [-0.4, -0.2) is 149 Å². The number of carbonyl (C=O) groups excluding carboxylic acids is 3. The highest BCUT2D eigenvalue weighted by atomic mass is 35.5. The van der Waals surface area contributed by atoms with Crippen LogP contribution >= 0.6 is 23.2 Å². The van der Waals surface area contributed by atoms with Gasteiger partial charge in [0.05, 0.1) is 16.4 Å². The fraction of sp³-hybridized carbons (Fsp3) is 0.679. The van der Waals surface area contributed by atoms with E-state index in [9.17, 15) is 14.7 Å². The number of rotatable bonds is 16. The van der Waals surface area contributed by atoms with Crippen LogP contribution in [0.5, 0.6) is 0 Å². The second-order valence-corrected chi connectivity index (χ2v) is 23.0. The minimum atomic E-state index is -1.56. The first-order chi connectivity index (χ1) is 34.2. The van der Waals surface area contributed by atoms with Gasteiger partial charge in [0.2, 0.25) is 5.91 Å². The fourth-order valence-corrected chi connectivity index (χ4v) is 12.9. The molecule has 1 unspecified atom stereocenters. The lowest BCUT2D eigenvalue weighted by Gasteiger charge is -2.52. The van der Waals surface area contributed by atoms with E-state index in [1.807, 2.05) is 29.2 Å². The van der Waals surface area contributed by atoms with Gasteiger partial charge in [-0.1, -0.05) is 33.5 Å². The molecule has 3 N–H and O–H groups in total. The van der Waals surface area contributed by atoms with E-state index in [0.29, 0.717) is 84.4 Å². The fourth-order valence-electron chi connectivity index (χ4n) is 12.6. The van der Waals surface area contributed by atoms with Gasteiger partial charge in [-0.3, -0.25) is 19.4 Å². The molecule has 1 atom stereocenters. The summed E-state index contributed by atoms with van der Waals surface area (Å²) in [5.74, 6) is 0.749. The van der Waals surface area contributed by atoms with Crippen LogP contribution < -0.4 is 15.5 Å². The lowest BCUT2D eigenvalue weighted by atomic mass is 9.71. The van der Waals surface area contributed by atoms with E-state index in [4.69, 9.17) is 47.5 Å². The molecule has 2 aromatic heterocycles. The van der Waals surface area contributed by atoms with E-state index < -0.39 is 29.1 Å². The molecule has 16 nitrogen and oxygen atoms in total. The molecule has 10 rings (SSSR count). The molecular formula is C53H72Cl2N8O8. The van der Waals surface area contributed by atoms with E-state index >= 15 is 4.79 Å². The molecule has 4 aliphatic carbocycles. The number of aliphatic hydroxyl groups is 1. The molecule has 2 aliphatic heterocycles. The summed E-state index contributed by atoms with van der Waals surface area (Å²) in [5, 5.41) is 22.9. The van der Waals surface area contributed by atoms with E-state index in [1.54, 1.807) is 19.2 Å². The quantitative estimate of drug-likeness (QED) is 0.104. The van der Waals surface area contributed by atoms with Crippen LogP contribution in [0.3, 0.4) is 0 Å². The Morgan fingerprint density at radius 1 is 0.732 bits per heavy atom. The van der Waals surface area contributed by atoms with Crippen LogP contribution in [0.15, 0.2) is 45.4 Å². The number of amides is 2. The zero-order valence-corrected chi connectivity index (χ0v) is 43.0. The number of methoxy groups -OCH3 is 1. The van der Waals surface area contributed by atoms with Gasteiger partial charge in [-0.25, -0.2) is 4.79 Å². The SMILES string of the molecule is COC1(C)CCC(C(OC(=O)C2(O)CC2)C(=O)N(C2CCC(CCN3CCN(c4noc5cc(Cl)ccc45)CC3)CC2)C2(C(N)=O)CCC(CCN3CCN(c4noc5cc(Cl)ccc45)CC3)CC2)CC1. The average Bonchev–Trinajstić information content (AvgIpc) is 3.79. The molecule has 4 saturated carbocycles. The Balaban J connectivity index is 0.796. The number of benzene rings is 2. The number of carbonyl (C=O) groups is 3. The van der Waals surface area contributed by atoms with Crippen molar-refractivity contribution in [3.63, 3.8) is 0 Å². The number of ether oxygens (including phenoxy) is 2. The second kappa shape index (κ2) is 21.0. The summed E-state index contributed by atoms with van der Waals surface area (Å²) in [6.45, 7) is 11.1. The summed E-state index contributed by atoms with van der Waals surface area (Å²) < 4.78 is 23.3. The number of primary amides is 1. The third kappa shape index (κ3) is 10.8. The Bertz CT molecular complexity index is 2510. The van der Waals surface area contributed by atoms with E-state index in [2.05, 4.69) is 36.8 Å². The molecule has 2 saturated heterocycles. The third-order valence-electron chi connectivity index (χ3n) is 17.7. The third-order valence-corrected chi connectivity index (χ3v) is 18.2. The summed E-state index contributed by atoms with van der Waals surface area (Å²) in [4.78, 5) is 55.0. The highest BCUT2D eigenvalue weighted by molar-refractivity contribution is 6.31. The largest absolute Gasteiger partial charge is 0.450 e. The first-order valence-corrected chi connectivity index (χ1v) is 27.1. The standard InChI is InChI=1S/C53H72Cl2N8O8/c1-51(68-2)17-13-37(14-18-51)45(69-50(66)53(67)21-22-53)48(64)63(40-7-3-35(4-8-40)15-23-59-25-29-61(30-26-59)46-41-9-5-38(54)33-43(41)70-57-46)52(49(56)65)19-11-36(12-20-52)16-24-60-27-31-62(32-28-60)47-42-10-6-39(55)34-44(42)71-58-47/h5-6,9-10,33-37,40,45,67H,3-4,7-8,11-32H2,1-2H3,(H2,56,65). The predicted molar refractivity (Wildman–Crippen MR) is 272 cm³/mol. The van der Waals surface area contributed by atoms with Crippen molar-refractivity contribution in [1.82, 2.24) is 25.0 Å². The summed E-state index contributed by atoms with van der Waals surface area (Å²) in [7, 11) is 1.72. The van der Waals surface area contributed by atoms with E-state index in [1.165, 1.54) is 0 Å². The van der Waals surface area contributed by atoms with Crippen molar-refractivity contribution in [1.29, 1.82) is 0 Å². The summed E-state index contributed by atoms with van der Waals surface area (Å²) in [6, 6.07) is 11.1. The van der Waals surface area contributed by atoms with Crippen LogP contribution in [0.25, 0.3) is 21.9 Å². The van der Waals surface area contributed by atoms with Gasteiger partial charge in [0, 0.05) is 93.6 Å². The molecule has 6 aliphatic rings. The Morgan fingerprint density at radius 2 is 1.23 bits per heavy atom. The zero-order chi connectivity index (χ0) is 49.5. The molecule has 0 bridgehead atoms. The summed E-state index contributed by atoms with van der Waals surface area (Å²) in [5.41, 5.74) is 4.85. The van der Waals surface area contributed by atoms with Crippen molar-refractivity contribution in [3.8, 4) is 0 Å².